The van der Waals surface area contributed by atoms with E-state index in [-0.39, 0.29) is 0 Å². The van der Waals surface area contributed by atoms with E-state index in [2.05, 4.69) is 39.6 Å². The number of aromatic nitrogens is 1. The van der Waals surface area contributed by atoms with Gasteiger partial charge in [0.1, 0.15) is 6.26 Å². The number of rotatable bonds is 7. The number of benzene rings is 1. The van der Waals surface area contributed by atoms with Crippen LogP contribution in [0.3, 0.4) is 0 Å². The lowest BCUT2D eigenvalue weighted by atomic mass is 10.2. The molecular weight excluding hydrogens is 290 g/mol. The van der Waals surface area contributed by atoms with E-state index in [9.17, 15) is 0 Å². The van der Waals surface area contributed by atoms with Crippen LogP contribution >= 0.6 is 0 Å². The summed E-state index contributed by atoms with van der Waals surface area (Å²) in [7, 11) is 5.91. The van der Waals surface area contributed by atoms with Gasteiger partial charge in [-0.1, -0.05) is 18.2 Å². The van der Waals surface area contributed by atoms with Crippen LogP contribution in [0.1, 0.15) is 12.1 Å². The van der Waals surface area contributed by atoms with Crippen molar-refractivity contribution < 1.29 is 4.42 Å². The number of hydrogen-bond acceptors (Lipinski definition) is 4. The number of nitrogens with zero attached hydrogens (tertiary/aromatic N) is 3. The third kappa shape index (κ3) is 5.75. The summed E-state index contributed by atoms with van der Waals surface area (Å²) >= 11 is 0. The molecule has 1 aromatic heterocycles. The van der Waals surface area contributed by atoms with Gasteiger partial charge >= 0.3 is 0 Å². The second kappa shape index (κ2) is 8.95. The fraction of sp³-hybridized carbons (Fsp3) is 0.412. The minimum atomic E-state index is 0.573. The van der Waals surface area contributed by atoms with Gasteiger partial charge in [-0.3, -0.25) is 4.99 Å². The van der Waals surface area contributed by atoms with Gasteiger partial charge in [-0.25, -0.2) is 4.98 Å². The molecule has 23 heavy (non-hydrogen) atoms. The molecule has 0 aliphatic rings. The summed E-state index contributed by atoms with van der Waals surface area (Å²) in [6.45, 7) is 2.50. The summed E-state index contributed by atoms with van der Waals surface area (Å²) in [5.74, 6) is 1.41. The first kappa shape index (κ1) is 17.0. The Balaban J connectivity index is 1.79. The first-order chi connectivity index (χ1) is 11.2. The molecule has 1 heterocycles. The summed E-state index contributed by atoms with van der Waals surface area (Å²) in [5, 5.41) is 6.53. The van der Waals surface area contributed by atoms with Crippen molar-refractivity contribution in [2.24, 2.45) is 4.99 Å². The average Bonchev–Trinajstić information content (AvgIpc) is 3.04. The molecular formula is C17H25N5O. The van der Waals surface area contributed by atoms with Crippen molar-refractivity contribution in [2.75, 3.05) is 34.2 Å². The fourth-order valence-electron chi connectivity index (χ4n) is 2.10. The molecule has 0 unspecified atom stereocenters. The van der Waals surface area contributed by atoms with Gasteiger partial charge in [0.25, 0.3) is 0 Å². The highest BCUT2D eigenvalue weighted by Crippen LogP contribution is 2.17. The van der Waals surface area contributed by atoms with Crippen LogP contribution in [0, 0.1) is 0 Å². The molecule has 6 nitrogen and oxygen atoms in total. The quantitative estimate of drug-likeness (QED) is 0.464. The molecule has 6 heteroatoms. The van der Waals surface area contributed by atoms with Crippen LogP contribution in [0.25, 0.3) is 11.5 Å². The van der Waals surface area contributed by atoms with Gasteiger partial charge in [0.15, 0.2) is 5.96 Å². The number of oxazole rings is 1. The highest BCUT2D eigenvalue weighted by Gasteiger charge is 2.06. The van der Waals surface area contributed by atoms with Crippen molar-refractivity contribution in [1.82, 2.24) is 20.5 Å². The second-order valence-corrected chi connectivity index (χ2v) is 5.52. The number of hydrogen-bond donors (Lipinski definition) is 2. The van der Waals surface area contributed by atoms with E-state index in [1.165, 1.54) is 0 Å². The molecule has 0 radical (unpaired) electrons. The van der Waals surface area contributed by atoms with Gasteiger partial charge in [-0.05, 0) is 39.2 Å². The predicted molar refractivity (Wildman–Crippen MR) is 93.3 cm³/mol. The summed E-state index contributed by atoms with van der Waals surface area (Å²) in [4.78, 5) is 10.9. The van der Waals surface area contributed by atoms with Crippen molar-refractivity contribution in [3.63, 3.8) is 0 Å². The van der Waals surface area contributed by atoms with Gasteiger partial charge in [0, 0.05) is 19.2 Å². The van der Waals surface area contributed by atoms with Gasteiger partial charge in [-0.15, -0.1) is 0 Å². The maximum atomic E-state index is 5.52. The third-order valence-corrected chi connectivity index (χ3v) is 3.31. The van der Waals surface area contributed by atoms with Gasteiger partial charge in [0.05, 0.1) is 12.2 Å². The zero-order chi connectivity index (χ0) is 16.5. The van der Waals surface area contributed by atoms with Crippen LogP contribution in [-0.4, -0.2) is 50.1 Å². The lowest BCUT2D eigenvalue weighted by molar-refractivity contribution is 0.399. The summed E-state index contributed by atoms with van der Waals surface area (Å²) in [6.07, 6.45) is 2.74. The molecule has 0 amide bonds. The van der Waals surface area contributed by atoms with Gasteiger partial charge in [-0.2, -0.15) is 0 Å². The van der Waals surface area contributed by atoms with E-state index < -0.39 is 0 Å². The Bertz CT molecular complexity index is 606. The number of aliphatic imine (C=N–C) groups is 1. The minimum Gasteiger partial charge on any atom is -0.444 e. The maximum absolute atomic E-state index is 5.52. The molecule has 2 aromatic rings. The molecule has 0 aliphatic heterocycles. The van der Waals surface area contributed by atoms with Crippen LogP contribution in [-0.2, 0) is 6.54 Å². The Hall–Kier alpha value is -2.34. The lowest BCUT2D eigenvalue weighted by Gasteiger charge is -2.12. The molecule has 0 atom stereocenters. The largest absolute Gasteiger partial charge is 0.444 e. The molecule has 1 aromatic carbocycles. The summed E-state index contributed by atoms with van der Waals surface area (Å²) < 4.78 is 5.52. The van der Waals surface area contributed by atoms with E-state index in [0.29, 0.717) is 12.4 Å². The minimum absolute atomic E-state index is 0.573. The topological polar surface area (TPSA) is 65.7 Å². The standard InChI is InChI=1S/C17H25N5O/c1-18-17(19-10-7-11-22(2)3)20-12-15-13-23-16(21-15)14-8-5-4-6-9-14/h4-6,8-9,13H,7,10-12H2,1-3H3,(H2,18,19,20). The SMILES string of the molecule is CN=C(NCCCN(C)C)NCc1coc(-c2ccccc2)n1. The molecule has 124 valence electrons. The molecule has 0 saturated heterocycles. The Morgan fingerprint density at radius 2 is 2.00 bits per heavy atom. The highest BCUT2D eigenvalue weighted by molar-refractivity contribution is 5.79. The molecule has 0 bridgehead atoms. The van der Waals surface area contributed by atoms with Crippen LogP contribution in [0.4, 0.5) is 0 Å². The van der Waals surface area contributed by atoms with E-state index in [0.717, 1.165) is 36.7 Å². The first-order valence-electron chi connectivity index (χ1n) is 7.78. The Kier molecular flexibility index (Phi) is 6.62. The molecule has 0 fully saturated rings. The molecule has 0 spiro atoms. The maximum Gasteiger partial charge on any atom is 0.226 e. The van der Waals surface area contributed by atoms with Gasteiger partial charge in [0.2, 0.25) is 5.89 Å². The van der Waals surface area contributed by atoms with Crippen molar-refractivity contribution in [3.8, 4) is 11.5 Å². The van der Waals surface area contributed by atoms with Crippen LogP contribution in [0.5, 0.6) is 0 Å². The predicted octanol–water partition coefficient (Wildman–Crippen LogP) is 1.96. The number of nitrogens with one attached hydrogen (secondary N) is 2. The van der Waals surface area contributed by atoms with Crippen molar-refractivity contribution in [3.05, 3.63) is 42.3 Å². The Labute approximate surface area is 137 Å². The zero-order valence-electron chi connectivity index (χ0n) is 14.0. The van der Waals surface area contributed by atoms with Crippen LogP contribution in [0.15, 0.2) is 46.0 Å². The zero-order valence-corrected chi connectivity index (χ0v) is 14.0. The summed E-state index contributed by atoms with van der Waals surface area (Å²) in [5.41, 5.74) is 1.82. The van der Waals surface area contributed by atoms with E-state index in [1.54, 1.807) is 13.3 Å². The molecule has 2 rings (SSSR count). The molecule has 0 aliphatic carbocycles. The lowest BCUT2D eigenvalue weighted by Crippen LogP contribution is -2.38. The normalized spacial score (nSPS) is 11.7. The Morgan fingerprint density at radius 3 is 2.70 bits per heavy atom. The second-order valence-electron chi connectivity index (χ2n) is 5.52. The van der Waals surface area contributed by atoms with E-state index in [4.69, 9.17) is 4.42 Å². The fourth-order valence-corrected chi connectivity index (χ4v) is 2.10. The molecule has 0 saturated carbocycles. The first-order valence-corrected chi connectivity index (χ1v) is 7.78. The number of guanidine groups is 1. The van der Waals surface area contributed by atoms with E-state index >= 15 is 0 Å². The molecule has 2 N–H and O–H groups in total. The Morgan fingerprint density at radius 1 is 1.22 bits per heavy atom. The monoisotopic (exact) mass is 315 g/mol. The van der Waals surface area contributed by atoms with Gasteiger partial charge < -0.3 is 20.0 Å². The van der Waals surface area contributed by atoms with Crippen molar-refractivity contribution in [1.29, 1.82) is 0 Å². The average molecular weight is 315 g/mol. The highest BCUT2D eigenvalue weighted by atomic mass is 16.3. The van der Waals surface area contributed by atoms with Crippen molar-refractivity contribution >= 4 is 5.96 Å². The smallest absolute Gasteiger partial charge is 0.226 e. The van der Waals surface area contributed by atoms with Crippen LogP contribution < -0.4 is 10.6 Å². The van der Waals surface area contributed by atoms with Crippen molar-refractivity contribution in [2.45, 2.75) is 13.0 Å². The summed E-state index contributed by atoms with van der Waals surface area (Å²) in [6, 6.07) is 9.87. The third-order valence-electron chi connectivity index (χ3n) is 3.31. The van der Waals surface area contributed by atoms with Crippen LogP contribution in [0.2, 0.25) is 0 Å². The van der Waals surface area contributed by atoms with E-state index in [1.807, 2.05) is 30.3 Å².